The molecule has 36 heteroatoms. The number of pyridine rings is 8. The molecule has 5 saturated carbocycles. The van der Waals surface area contributed by atoms with Gasteiger partial charge < -0.3 is 69.9 Å². The Morgan fingerprint density at radius 2 is 0.915 bits per heavy atom. The van der Waals surface area contributed by atoms with Crippen LogP contribution in [0.2, 0.25) is 0 Å². The molecule has 700 valence electrons. The van der Waals surface area contributed by atoms with Crippen LogP contribution in [-0.4, -0.2) is 115 Å². The smallest absolute Gasteiger partial charge is 0.271 e. The highest BCUT2D eigenvalue weighted by Crippen LogP contribution is 2.46. The summed E-state index contributed by atoms with van der Waals surface area (Å²) in [4.78, 5) is 121. The number of fused-ring (bicyclic) bond motifs is 7. The molecule has 5 aliphatic carbocycles. The van der Waals surface area contributed by atoms with Crippen molar-refractivity contribution in [1.82, 2.24) is 59.4 Å². The van der Waals surface area contributed by atoms with E-state index in [0.29, 0.717) is 106 Å². The van der Waals surface area contributed by atoms with Gasteiger partial charge in [0, 0.05) is 161 Å². The van der Waals surface area contributed by atoms with Gasteiger partial charge >= 0.3 is 0 Å². The Morgan fingerprint density at radius 1 is 0.461 bits per heavy atom. The van der Waals surface area contributed by atoms with Crippen LogP contribution in [0, 0.1) is 131 Å². The van der Waals surface area contributed by atoms with Gasteiger partial charge in [0.1, 0.15) is 47.0 Å². The van der Waals surface area contributed by atoms with Gasteiger partial charge in [-0.3, -0.25) is 48.2 Å². The monoisotopic (exact) mass is 1870 g/mol. The predicted octanol–water partition coefficient (Wildman–Crippen LogP) is 15.4. The first-order valence-electron chi connectivity index (χ1n) is 45.4. The number of nitriles is 5. The molecule has 35 nitrogen and oxygen atoms in total. The van der Waals surface area contributed by atoms with E-state index in [0.717, 1.165) is 139 Å². The zero-order valence-electron chi connectivity index (χ0n) is 77.0. The number of carbonyl (C=O) groups is 7. The number of benzene rings is 6. The van der Waals surface area contributed by atoms with Crippen molar-refractivity contribution in [2.24, 2.45) is 60.3 Å². The first kappa shape index (κ1) is 92.9. The molecule has 0 radical (unpaired) electrons. The number of nitrogen functional groups attached to an aromatic ring is 5. The second-order valence-electron chi connectivity index (χ2n) is 35.9. The van der Waals surface area contributed by atoms with Gasteiger partial charge in [-0.05, 0) is 241 Å². The molecule has 141 heavy (non-hydrogen) atoms. The van der Waals surface area contributed by atoms with E-state index < -0.39 is 12.1 Å². The second kappa shape index (κ2) is 38.3. The van der Waals surface area contributed by atoms with E-state index in [1.807, 2.05) is 135 Å². The van der Waals surface area contributed by atoms with E-state index in [4.69, 9.17) is 49.7 Å². The highest BCUT2D eigenvalue weighted by Gasteiger charge is 2.47. The summed E-state index contributed by atoms with van der Waals surface area (Å²) in [7, 11) is 3.30. The number of nitrogens with two attached hydrogens (primary N) is 5. The van der Waals surface area contributed by atoms with Gasteiger partial charge in [-0.15, -0.1) is 0 Å². The summed E-state index contributed by atoms with van der Waals surface area (Å²) in [5.41, 5.74) is 48.2. The SMILES string of the molecule is CC1CCC(=O)N1c1cc(N)c2cnc(NC(=O)C3CC3F)cc2c1.CNC(=O)c1cc(-c2cc(N)c3cnc(NC(=O)[C@@H]4C[C@H]4C#N)cc3c2)n(C)n1.Cc1c(-c2cc(N)c3cnc(NC(=O)C4CC4C#N)cc3c2)cnc2cccnc12.Cc1ccccc1-c1cc2cc(NC(=O)[C@H]3C[C@@H]3C#N)ncc2c(N)c1C#N.Cc1cn2ccnc2cc1-c1cc(N)c2cnc(NC(=O)[C@H]3C[C@@H]3C#N)cc2c1. The zero-order chi connectivity index (χ0) is 99.2. The molecule has 7 amide bonds. The maximum absolute atomic E-state index is 13.0. The second-order valence-corrected chi connectivity index (χ2v) is 35.9. The minimum absolute atomic E-state index is 0.0801. The van der Waals surface area contributed by atoms with Gasteiger partial charge in [0.25, 0.3) is 5.91 Å². The van der Waals surface area contributed by atoms with Crippen LogP contribution in [0.25, 0.3) is 115 Å². The van der Waals surface area contributed by atoms with Crippen molar-refractivity contribution < 1.29 is 38.0 Å². The quantitative estimate of drug-likeness (QED) is 0.0400. The number of rotatable bonds is 16. The normalized spacial score (nSPS) is 19.0. The molecule has 6 aliphatic rings. The Hall–Kier alpha value is -18.5. The molecule has 22 rings (SSSR count). The Morgan fingerprint density at radius 3 is 1.38 bits per heavy atom. The van der Waals surface area contributed by atoms with Gasteiger partial charge in [-0.25, -0.2) is 34.3 Å². The lowest BCUT2D eigenvalue weighted by Crippen LogP contribution is -2.30. The summed E-state index contributed by atoms with van der Waals surface area (Å²) < 4.78 is 16.6. The van der Waals surface area contributed by atoms with Gasteiger partial charge in [-0.1, -0.05) is 24.3 Å². The third kappa shape index (κ3) is 19.5. The fourth-order valence-corrected chi connectivity index (χ4v) is 17.7. The van der Waals surface area contributed by atoms with Crippen molar-refractivity contribution in [2.45, 2.75) is 84.9 Å². The van der Waals surface area contributed by atoms with Crippen LogP contribution in [-0.2, 0) is 35.8 Å². The zero-order valence-corrected chi connectivity index (χ0v) is 77.0. The van der Waals surface area contributed by atoms with Crippen LogP contribution >= 0.6 is 0 Å². The number of nitrogens with zero attached hydrogens (tertiary/aromatic N) is 17. The molecule has 11 heterocycles. The summed E-state index contributed by atoms with van der Waals surface area (Å²) in [6.07, 6.45) is 20.4. The third-order valence-corrected chi connectivity index (χ3v) is 26.2. The molecular weight excluding hydrogens is 1780 g/mol. The summed E-state index contributed by atoms with van der Waals surface area (Å²) >= 11 is 0. The Balaban J connectivity index is 0.000000117. The van der Waals surface area contributed by atoms with Crippen molar-refractivity contribution in [3.8, 4) is 75.0 Å². The minimum atomic E-state index is -1.05. The number of hydrogen-bond donors (Lipinski definition) is 11. The summed E-state index contributed by atoms with van der Waals surface area (Å²) in [6.45, 7) is 8.06. The molecule has 6 fully saturated rings. The lowest BCUT2D eigenvalue weighted by Gasteiger charge is -2.22. The topological polar surface area (TPSA) is 569 Å². The molecule has 16 N–H and O–H groups in total. The van der Waals surface area contributed by atoms with Gasteiger partial charge in [0.2, 0.25) is 35.4 Å². The molecule has 10 aromatic heterocycles. The van der Waals surface area contributed by atoms with E-state index in [-0.39, 0.29) is 101 Å². The first-order valence-corrected chi connectivity index (χ1v) is 45.4. The molecule has 16 aromatic rings. The number of alkyl halides is 1. The Labute approximate surface area is 805 Å². The van der Waals surface area contributed by atoms with E-state index in [2.05, 4.69) is 114 Å². The van der Waals surface area contributed by atoms with Crippen molar-refractivity contribution >= 4 is 175 Å². The van der Waals surface area contributed by atoms with Gasteiger partial charge in [0.05, 0.1) is 106 Å². The van der Waals surface area contributed by atoms with E-state index in [9.17, 15) is 43.2 Å². The first-order chi connectivity index (χ1) is 67.9. The molecule has 11 atom stereocenters. The lowest BCUT2D eigenvalue weighted by molar-refractivity contribution is -0.118. The van der Waals surface area contributed by atoms with Crippen LogP contribution in [0.4, 0.5) is 67.6 Å². The summed E-state index contributed by atoms with van der Waals surface area (Å²) in [5.74, 6) is -1.59. The largest absolute Gasteiger partial charge is 0.398 e. The standard InChI is InChI=1S/C23H18N6O.C22H18N6O.C22H17N5O.C20H19N7O2.C18H19FN4O2/c1-12-17(10-27-20-3-2-4-26-22(12)20)13-5-14-8-21(28-11-18(14)19(25)7-13)29-23(30)16-6-15(16)9-24;1-12-11-28-3-2-25-21(28)8-16(12)13-4-14-7-20(26-10-18(14)19(24)6-13)27-22(29)17-5-15(17)9-23;1-12-4-2-3-5-15(12)17-6-13-8-20(27-22(28)16-7-14(16)9-23)26-11-19(13)21(25)18(17)10-24;1-23-20(29)16-7-17(27(2)26-16)11-3-10-6-18(24-9-14(10)15(22)5-11)25-19(28)13-4-12(13)8-21;1-9-2-3-17(24)23(9)11-4-10-5-16(21-8-13(10)15(20)6-11)22-18(25)12-7-14(12)19/h2-5,7-8,10-11,15-16H,6,25H2,1H3,(H,28,29,30);2-4,6-8,10-11,15,17H,5,24H2,1H3,(H,26,27,29);2-6,8,11,14,16H,7,25H2,1H3,(H,26,27,28);3,5-7,9,12-13H,4,22H2,1-2H3,(H,23,29)(H,24,25,28);4-6,8-9,12,14H,2-3,7,20H2,1H3,(H,21,22,25)/t;15-,17+;14-,16+;12-,13+;/m.110./s1. The average molecular weight is 1880 g/mol. The fourth-order valence-electron chi connectivity index (χ4n) is 17.7. The maximum Gasteiger partial charge on any atom is 0.271 e. The number of imidazole rings is 1. The fraction of sp³-hybridized carbons (Fsp3) is 0.229. The highest BCUT2D eigenvalue weighted by atomic mass is 19.1. The number of halogens is 1. The van der Waals surface area contributed by atoms with Crippen molar-refractivity contribution in [3.05, 3.63) is 223 Å². The average Bonchev–Trinajstić information content (AvgIpc) is 1.70. The number of anilines is 11. The van der Waals surface area contributed by atoms with Crippen molar-refractivity contribution in [1.29, 1.82) is 26.3 Å². The summed E-state index contributed by atoms with van der Waals surface area (Å²) in [5, 5.41) is 73.8. The molecule has 0 bridgehead atoms. The van der Waals surface area contributed by atoms with Crippen molar-refractivity contribution in [2.75, 3.05) is 67.2 Å². The number of hydrogen-bond acceptors (Lipinski definition) is 26. The van der Waals surface area contributed by atoms with E-state index in [1.54, 1.807) is 110 Å². The Kier molecular flexibility index (Phi) is 25.3. The van der Waals surface area contributed by atoms with Crippen LogP contribution in [0.15, 0.2) is 195 Å². The van der Waals surface area contributed by atoms with Crippen LogP contribution in [0.5, 0.6) is 0 Å². The van der Waals surface area contributed by atoms with Gasteiger partial charge in [-0.2, -0.15) is 31.4 Å². The summed E-state index contributed by atoms with van der Waals surface area (Å²) in [6, 6.07) is 52.1. The number of aromatic nitrogens is 11. The van der Waals surface area contributed by atoms with Crippen LogP contribution in [0.1, 0.15) is 84.6 Å². The maximum atomic E-state index is 13.0. The minimum Gasteiger partial charge on any atom is -0.398 e. The molecule has 6 aromatic carbocycles. The lowest BCUT2D eigenvalue weighted by atomic mass is 9.92. The van der Waals surface area contributed by atoms with Gasteiger partial charge in [0.15, 0.2) is 5.69 Å². The molecule has 5 unspecified atom stereocenters. The van der Waals surface area contributed by atoms with Crippen molar-refractivity contribution in [3.63, 3.8) is 0 Å². The molecule has 0 spiro atoms. The van der Waals surface area contributed by atoms with E-state index in [1.165, 1.54) is 0 Å². The highest BCUT2D eigenvalue weighted by molar-refractivity contribution is 6.08. The van der Waals surface area contributed by atoms with E-state index >= 15 is 0 Å². The number of aryl methyl sites for hydroxylation is 4. The van der Waals surface area contributed by atoms with Crippen LogP contribution in [0.3, 0.4) is 0 Å². The number of carbonyl (C=O) groups excluding carboxylic acids is 7. The molecular formula is C105H91FN28O7. The number of amides is 7. The molecule has 1 saturated heterocycles. The Bertz CT molecular complexity index is 8170. The third-order valence-electron chi connectivity index (χ3n) is 26.2. The van der Waals surface area contributed by atoms with Crippen LogP contribution < -0.4 is 65.5 Å². The predicted molar refractivity (Wildman–Crippen MR) is 535 cm³/mol. The molecule has 1 aliphatic heterocycles. The number of nitrogens with one attached hydrogen (secondary N) is 6.